The molecule has 0 aromatic carbocycles. The van der Waals surface area contributed by atoms with E-state index in [9.17, 15) is 5.11 Å². The van der Waals surface area contributed by atoms with Gasteiger partial charge in [0.15, 0.2) is 17.0 Å². The van der Waals surface area contributed by atoms with E-state index in [1.54, 1.807) is 10.9 Å². The lowest BCUT2D eigenvalue weighted by Crippen LogP contribution is -2.24. The summed E-state index contributed by atoms with van der Waals surface area (Å²) in [6.07, 6.45) is 1.61. The lowest BCUT2D eigenvalue weighted by molar-refractivity contribution is -0.0432. The Hall–Kier alpha value is -1.81. The molecule has 1 aliphatic rings. The summed E-state index contributed by atoms with van der Waals surface area (Å²) in [5, 5.41) is 18.9. The van der Waals surface area contributed by atoms with Gasteiger partial charge in [-0.05, 0) is 0 Å². The minimum Gasteiger partial charge on any atom is -0.394 e. The van der Waals surface area contributed by atoms with Crippen molar-refractivity contribution in [2.24, 2.45) is 0 Å². The van der Waals surface area contributed by atoms with Crippen LogP contribution >= 0.6 is 0 Å². The summed E-state index contributed by atoms with van der Waals surface area (Å²) in [7, 11) is 1.48. The van der Waals surface area contributed by atoms with Crippen LogP contribution in [0, 0.1) is 0 Å². The van der Waals surface area contributed by atoms with E-state index in [-0.39, 0.29) is 6.61 Å². The Morgan fingerprint density at radius 3 is 3.05 bits per heavy atom. The van der Waals surface area contributed by atoms with E-state index < -0.39 is 18.4 Å². The molecule has 0 spiro atoms. The highest BCUT2D eigenvalue weighted by atomic mass is 16.6. The fourth-order valence-corrected chi connectivity index (χ4v) is 2.28. The number of aromatic nitrogens is 4. The fraction of sp³-hybridized carbons (Fsp3) is 0.545. The summed E-state index contributed by atoms with van der Waals surface area (Å²) in [5.41, 5.74) is 3.73. The third-order valence-electron chi connectivity index (χ3n) is 3.25. The Labute approximate surface area is 114 Å². The maximum atomic E-state index is 9.79. The van der Waals surface area contributed by atoms with E-state index in [2.05, 4.69) is 20.4 Å². The van der Waals surface area contributed by atoms with Gasteiger partial charge < -0.3 is 14.9 Å². The van der Waals surface area contributed by atoms with Crippen LogP contribution < -0.4 is 5.48 Å². The van der Waals surface area contributed by atoms with Gasteiger partial charge in [-0.2, -0.15) is 0 Å². The van der Waals surface area contributed by atoms with Crippen molar-refractivity contribution in [3.63, 3.8) is 0 Å². The first-order valence-electron chi connectivity index (χ1n) is 6.15. The van der Waals surface area contributed by atoms with Crippen molar-refractivity contribution in [3.05, 3.63) is 12.7 Å². The van der Waals surface area contributed by atoms with Gasteiger partial charge in [-0.1, -0.05) is 0 Å². The first-order chi connectivity index (χ1) is 9.74. The van der Waals surface area contributed by atoms with Crippen molar-refractivity contribution < 1.29 is 19.8 Å². The number of hydrogen-bond donors (Lipinski definition) is 3. The van der Waals surface area contributed by atoms with Crippen molar-refractivity contribution in [2.45, 2.75) is 24.9 Å². The first-order valence-corrected chi connectivity index (χ1v) is 6.15. The summed E-state index contributed by atoms with van der Waals surface area (Å²) in [5.74, 6) is 0.452. The van der Waals surface area contributed by atoms with Gasteiger partial charge in [0.05, 0.1) is 26.1 Å². The molecule has 3 rings (SSSR count). The zero-order valence-electron chi connectivity index (χ0n) is 10.8. The molecule has 1 saturated heterocycles. The highest BCUT2D eigenvalue weighted by molar-refractivity contribution is 5.82. The standard InChI is InChI=1S/C11H15N5O4/c1-19-15-10-9-11(13-4-12-10)16(5-14-9)8-2-6(18)7(3-17)20-8/h4-8,17-18H,2-3H2,1H3,(H,12,13,15)/t6-,7+,8+/m0/s1. The zero-order valence-corrected chi connectivity index (χ0v) is 10.8. The maximum absolute atomic E-state index is 9.79. The molecule has 1 fully saturated rings. The monoisotopic (exact) mass is 281 g/mol. The molecule has 3 atom stereocenters. The van der Waals surface area contributed by atoms with Gasteiger partial charge in [0.2, 0.25) is 0 Å². The Kier molecular flexibility index (Phi) is 3.49. The molecule has 9 nitrogen and oxygen atoms in total. The number of imidazole rings is 1. The number of nitrogens with zero attached hydrogens (tertiary/aromatic N) is 4. The Bertz CT molecular complexity index is 604. The maximum Gasteiger partial charge on any atom is 0.181 e. The predicted octanol–water partition coefficient (Wildman–Crippen LogP) is -0.560. The summed E-state index contributed by atoms with van der Waals surface area (Å²) in [6, 6.07) is 0. The average Bonchev–Trinajstić information content (AvgIpc) is 3.03. The molecule has 1 aliphatic heterocycles. The normalized spacial score (nSPS) is 26.2. The number of rotatable bonds is 4. The zero-order chi connectivity index (χ0) is 14.1. The van der Waals surface area contributed by atoms with Crippen LogP contribution in [-0.2, 0) is 9.57 Å². The molecular weight excluding hydrogens is 266 g/mol. The van der Waals surface area contributed by atoms with Crippen LogP contribution in [-0.4, -0.2) is 55.7 Å². The van der Waals surface area contributed by atoms with Gasteiger partial charge in [0.1, 0.15) is 18.7 Å². The molecule has 9 heteroatoms. The molecule has 3 heterocycles. The smallest absolute Gasteiger partial charge is 0.181 e. The van der Waals surface area contributed by atoms with E-state index >= 15 is 0 Å². The minimum atomic E-state index is -0.708. The summed E-state index contributed by atoms with van der Waals surface area (Å²) in [6.45, 7) is -0.226. The molecule has 0 aliphatic carbocycles. The number of ether oxygens (including phenoxy) is 1. The molecule has 108 valence electrons. The number of anilines is 1. The summed E-state index contributed by atoms with van der Waals surface area (Å²) >= 11 is 0. The quantitative estimate of drug-likeness (QED) is 0.639. The molecular formula is C11H15N5O4. The number of hydrogen-bond acceptors (Lipinski definition) is 8. The molecule has 3 N–H and O–H groups in total. The predicted molar refractivity (Wildman–Crippen MR) is 67.6 cm³/mol. The molecule has 0 saturated carbocycles. The number of fused-ring (bicyclic) bond motifs is 1. The molecule has 2 aromatic rings. The van der Waals surface area contributed by atoms with Crippen molar-refractivity contribution in [1.82, 2.24) is 19.5 Å². The lowest BCUT2D eigenvalue weighted by atomic mass is 10.2. The first kappa shape index (κ1) is 13.2. The Morgan fingerprint density at radius 2 is 2.35 bits per heavy atom. The number of aliphatic hydroxyl groups excluding tert-OH is 2. The van der Waals surface area contributed by atoms with Crippen LogP contribution in [0.25, 0.3) is 11.2 Å². The third kappa shape index (κ3) is 2.10. The topological polar surface area (TPSA) is 115 Å². The SMILES string of the molecule is CONc1ncnc2c1ncn2[C@H]1C[C@H](O)[C@@H](CO)O1. The van der Waals surface area contributed by atoms with Gasteiger partial charge in [-0.25, -0.2) is 20.4 Å². The van der Waals surface area contributed by atoms with Gasteiger partial charge in [0, 0.05) is 6.42 Å². The highest BCUT2D eigenvalue weighted by Crippen LogP contribution is 2.31. The van der Waals surface area contributed by atoms with Gasteiger partial charge in [0.25, 0.3) is 0 Å². The summed E-state index contributed by atoms with van der Waals surface area (Å²) < 4.78 is 7.29. The largest absolute Gasteiger partial charge is 0.394 e. The average molecular weight is 281 g/mol. The van der Waals surface area contributed by atoms with Crippen molar-refractivity contribution in [3.8, 4) is 0 Å². The Balaban J connectivity index is 1.95. The van der Waals surface area contributed by atoms with Gasteiger partial charge >= 0.3 is 0 Å². The van der Waals surface area contributed by atoms with Crippen LogP contribution in [0.4, 0.5) is 5.82 Å². The number of aliphatic hydroxyl groups is 2. The summed E-state index contributed by atoms with van der Waals surface area (Å²) in [4.78, 5) is 17.3. The van der Waals surface area contributed by atoms with Crippen LogP contribution in [0.5, 0.6) is 0 Å². The highest BCUT2D eigenvalue weighted by Gasteiger charge is 2.35. The second kappa shape index (κ2) is 5.29. The molecule has 0 radical (unpaired) electrons. The van der Waals surface area contributed by atoms with E-state index in [0.29, 0.717) is 23.4 Å². The molecule has 0 amide bonds. The van der Waals surface area contributed by atoms with E-state index in [1.807, 2.05) is 0 Å². The second-order valence-electron chi connectivity index (χ2n) is 4.47. The molecule has 0 bridgehead atoms. The van der Waals surface area contributed by atoms with Crippen LogP contribution in [0.3, 0.4) is 0 Å². The van der Waals surface area contributed by atoms with Gasteiger partial charge in [-0.3, -0.25) is 9.40 Å². The van der Waals surface area contributed by atoms with Crippen molar-refractivity contribution in [1.29, 1.82) is 0 Å². The van der Waals surface area contributed by atoms with Crippen LogP contribution in [0.15, 0.2) is 12.7 Å². The van der Waals surface area contributed by atoms with Crippen molar-refractivity contribution in [2.75, 3.05) is 19.2 Å². The Morgan fingerprint density at radius 1 is 1.50 bits per heavy atom. The van der Waals surface area contributed by atoms with Crippen LogP contribution in [0.1, 0.15) is 12.6 Å². The molecule has 0 unspecified atom stereocenters. The lowest BCUT2D eigenvalue weighted by Gasteiger charge is -2.13. The molecule has 20 heavy (non-hydrogen) atoms. The molecule has 2 aromatic heterocycles. The minimum absolute atomic E-state index is 0.226. The van der Waals surface area contributed by atoms with Crippen LogP contribution in [0.2, 0.25) is 0 Å². The number of nitrogens with one attached hydrogen (secondary N) is 1. The third-order valence-corrected chi connectivity index (χ3v) is 3.25. The van der Waals surface area contributed by atoms with E-state index in [0.717, 1.165) is 0 Å². The van der Waals surface area contributed by atoms with Gasteiger partial charge in [-0.15, -0.1) is 0 Å². The second-order valence-corrected chi connectivity index (χ2v) is 4.47. The fourth-order valence-electron chi connectivity index (χ4n) is 2.28. The van der Waals surface area contributed by atoms with E-state index in [1.165, 1.54) is 13.4 Å². The van der Waals surface area contributed by atoms with Crippen molar-refractivity contribution >= 4 is 17.0 Å². The van der Waals surface area contributed by atoms with E-state index in [4.69, 9.17) is 14.7 Å².